The van der Waals surface area contributed by atoms with Crippen molar-refractivity contribution >= 4 is 40.7 Å². The van der Waals surface area contributed by atoms with E-state index in [9.17, 15) is 4.79 Å². The van der Waals surface area contributed by atoms with Gasteiger partial charge in [-0.2, -0.15) is 0 Å². The normalized spacial score (nSPS) is 10.4. The Bertz CT molecular complexity index is 608. The number of rotatable bonds is 3. The van der Waals surface area contributed by atoms with E-state index in [1.165, 1.54) is 30.2 Å². The fraction of sp³-hybridized carbons (Fsp3) is 0.100. The first-order valence-corrected chi connectivity index (χ1v) is 6.69. The van der Waals surface area contributed by atoms with Crippen LogP contribution in [0.25, 0.3) is 0 Å². The summed E-state index contributed by atoms with van der Waals surface area (Å²) < 4.78 is 0. The molecule has 0 aromatic carbocycles. The van der Waals surface area contributed by atoms with Gasteiger partial charge in [0, 0.05) is 12.4 Å². The van der Waals surface area contributed by atoms with Gasteiger partial charge in [0.05, 0.1) is 5.56 Å². The molecule has 8 heteroatoms. The molecule has 0 N–H and O–H groups in total. The summed E-state index contributed by atoms with van der Waals surface area (Å²) in [6.45, 7) is 0. The molecule has 2 aromatic heterocycles. The lowest BCUT2D eigenvalue weighted by atomic mass is 10.1. The average molecular weight is 301 g/mol. The van der Waals surface area contributed by atoms with Crippen molar-refractivity contribution in [3.8, 4) is 0 Å². The topological polar surface area (TPSA) is 68.6 Å². The number of ketones is 1. The number of halogens is 2. The van der Waals surface area contributed by atoms with Crippen LogP contribution in [0, 0.1) is 0 Å². The van der Waals surface area contributed by atoms with Gasteiger partial charge < -0.3 is 0 Å². The lowest BCUT2D eigenvalue weighted by Gasteiger charge is -2.03. The van der Waals surface area contributed by atoms with Crippen LogP contribution in [-0.4, -0.2) is 32.0 Å². The molecule has 5 nitrogen and oxygen atoms in total. The second kappa shape index (κ2) is 5.60. The third-order valence-electron chi connectivity index (χ3n) is 2.01. The highest BCUT2D eigenvalue weighted by atomic mass is 35.5. The molecule has 0 aliphatic carbocycles. The molecular formula is C10H6Cl2N4OS. The quantitative estimate of drug-likeness (QED) is 0.375. The first kappa shape index (κ1) is 13.2. The van der Waals surface area contributed by atoms with Gasteiger partial charge in [0.2, 0.25) is 11.1 Å². The minimum atomic E-state index is -0.366. The van der Waals surface area contributed by atoms with Crippen LogP contribution >= 0.6 is 35.0 Å². The maximum absolute atomic E-state index is 12.1. The largest absolute Gasteiger partial charge is 0.287 e. The van der Waals surface area contributed by atoms with Crippen molar-refractivity contribution in [1.29, 1.82) is 0 Å². The van der Waals surface area contributed by atoms with Gasteiger partial charge in [-0.05, 0) is 23.9 Å². The van der Waals surface area contributed by atoms with E-state index in [1.807, 2.05) is 6.26 Å². The highest BCUT2D eigenvalue weighted by Gasteiger charge is 2.16. The van der Waals surface area contributed by atoms with E-state index in [4.69, 9.17) is 23.2 Å². The third kappa shape index (κ3) is 2.77. The Morgan fingerprint density at radius 3 is 2.72 bits per heavy atom. The van der Waals surface area contributed by atoms with Gasteiger partial charge in [-0.1, -0.05) is 23.4 Å². The van der Waals surface area contributed by atoms with Crippen molar-refractivity contribution in [2.45, 2.75) is 5.16 Å². The van der Waals surface area contributed by atoms with Crippen molar-refractivity contribution < 1.29 is 4.79 Å². The van der Waals surface area contributed by atoms with Crippen LogP contribution in [0.15, 0.2) is 23.6 Å². The van der Waals surface area contributed by atoms with Gasteiger partial charge in [0.15, 0.2) is 5.16 Å². The summed E-state index contributed by atoms with van der Waals surface area (Å²) in [5.74, 6) is -0.366. The van der Waals surface area contributed by atoms with Gasteiger partial charge in [-0.3, -0.25) is 4.79 Å². The predicted octanol–water partition coefficient (Wildman–Crippen LogP) is 2.53. The Kier molecular flexibility index (Phi) is 4.11. The van der Waals surface area contributed by atoms with Crippen LogP contribution in [0.2, 0.25) is 10.4 Å². The van der Waals surface area contributed by atoms with E-state index >= 15 is 0 Å². The standard InChI is InChI=1S/C10H6Cl2N4OS/c1-18-10-13-3-2-6(15-10)7(17)5-4-14-9(12)16-8(5)11/h2-4H,1H3. The second-order valence-electron chi connectivity index (χ2n) is 3.10. The zero-order valence-corrected chi connectivity index (χ0v) is 11.4. The molecule has 0 atom stereocenters. The SMILES string of the molecule is CSc1nccc(C(=O)c2cnc(Cl)nc2Cl)n1. The average Bonchev–Trinajstić information content (AvgIpc) is 2.38. The van der Waals surface area contributed by atoms with E-state index in [0.717, 1.165) is 0 Å². The molecular weight excluding hydrogens is 295 g/mol. The van der Waals surface area contributed by atoms with Crippen molar-refractivity contribution in [3.05, 3.63) is 40.2 Å². The van der Waals surface area contributed by atoms with Crippen LogP contribution in [0.4, 0.5) is 0 Å². The van der Waals surface area contributed by atoms with Gasteiger partial charge in [-0.25, -0.2) is 19.9 Å². The molecule has 0 unspecified atom stereocenters. The molecule has 2 aromatic rings. The van der Waals surface area contributed by atoms with Gasteiger partial charge in [-0.15, -0.1) is 0 Å². The molecule has 0 fully saturated rings. The molecule has 0 saturated heterocycles. The van der Waals surface area contributed by atoms with E-state index in [-0.39, 0.29) is 27.5 Å². The first-order chi connectivity index (χ1) is 8.61. The maximum atomic E-state index is 12.1. The second-order valence-corrected chi connectivity index (χ2v) is 4.57. The number of aromatic nitrogens is 4. The van der Waals surface area contributed by atoms with Crippen LogP contribution in [0.5, 0.6) is 0 Å². The Labute approximate surface area is 117 Å². The Balaban J connectivity index is 2.41. The van der Waals surface area contributed by atoms with Crippen molar-refractivity contribution in [2.24, 2.45) is 0 Å². The van der Waals surface area contributed by atoms with Crippen LogP contribution in [0.1, 0.15) is 16.1 Å². The number of carbonyl (C=O) groups is 1. The zero-order valence-electron chi connectivity index (χ0n) is 9.09. The maximum Gasteiger partial charge on any atom is 0.223 e. The third-order valence-corrected chi connectivity index (χ3v) is 3.04. The fourth-order valence-corrected chi connectivity index (χ4v) is 1.94. The van der Waals surface area contributed by atoms with Crippen LogP contribution in [0.3, 0.4) is 0 Å². The van der Waals surface area contributed by atoms with Crippen molar-refractivity contribution in [2.75, 3.05) is 6.26 Å². The van der Waals surface area contributed by atoms with Gasteiger partial charge in [0.1, 0.15) is 10.8 Å². The molecule has 2 rings (SSSR count). The Morgan fingerprint density at radius 1 is 1.28 bits per heavy atom. The van der Waals surface area contributed by atoms with Gasteiger partial charge in [0.25, 0.3) is 0 Å². The van der Waals surface area contributed by atoms with Gasteiger partial charge >= 0.3 is 0 Å². The van der Waals surface area contributed by atoms with Crippen LogP contribution < -0.4 is 0 Å². The summed E-state index contributed by atoms with van der Waals surface area (Å²) in [4.78, 5) is 27.7. The minimum Gasteiger partial charge on any atom is -0.287 e. The van der Waals surface area contributed by atoms with Crippen molar-refractivity contribution in [1.82, 2.24) is 19.9 Å². The number of hydrogen-bond acceptors (Lipinski definition) is 6. The number of hydrogen-bond donors (Lipinski definition) is 0. The molecule has 0 amide bonds. The summed E-state index contributed by atoms with van der Waals surface area (Å²) in [6, 6.07) is 1.51. The number of thioether (sulfide) groups is 1. The monoisotopic (exact) mass is 300 g/mol. The number of carbonyl (C=O) groups excluding carboxylic acids is 1. The minimum absolute atomic E-state index is 0.00399. The summed E-state index contributed by atoms with van der Waals surface area (Å²) in [7, 11) is 0. The Hall–Kier alpha value is -1.24. The summed E-state index contributed by atoms with van der Waals surface area (Å²) in [5.41, 5.74) is 0.397. The van der Waals surface area contributed by atoms with E-state index in [1.54, 1.807) is 0 Å². The molecule has 92 valence electrons. The van der Waals surface area contributed by atoms with Crippen LogP contribution in [-0.2, 0) is 0 Å². The summed E-state index contributed by atoms with van der Waals surface area (Å²) >= 11 is 12.8. The lowest BCUT2D eigenvalue weighted by Crippen LogP contribution is -2.07. The molecule has 18 heavy (non-hydrogen) atoms. The Morgan fingerprint density at radius 2 is 2.06 bits per heavy atom. The molecule has 0 bridgehead atoms. The molecule has 0 radical (unpaired) electrons. The highest BCUT2D eigenvalue weighted by molar-refractivity contribution is 7.98. The lowest BCUT2D eigenvalue weighted by molar-refractivity contribution is 0.103. The molecule has 2 heterocycles. The summed E-state index contributed by atoms with van der Waals surface area (Å²) in [6.07, 6.45) is 4.61. The fourth-order valence-electron chi connectivity index (χ4n) is 1.20. The first-order valence-electron chi connectivity index (χ1n) is 4.71. The predicted molar refractivity (Wildman–Crippen MR) is 69.3 cm³/mol. The summed E-state index contributed by atoms with van der Waals surface area (Å²) in [5, 5.41) is 0.500. The molecule has 0 saturated carbocycles. The van der Waals surface area contributed by atoms with E-state index in [2.05, 4.69) is 19.9 Å². The van der Waals surface area contributed by atoms with E-state index < -0.39 is 0 Å². The molecule has 0 aliphatic rings. The number of nitrogens with zero attached hydrogens (tertiary/aromatic N) is 4. The smallest absolute Gasteiger partial charge is 0.223 e. The highest BCUT2D eigenvalue weighted by Crippen LogP contribution is 2.18. The molecule has 0 aliphatic heterocycles. The van der Waals surface area contributed by atoms with E-state index in [0.29, 0.717) is 5.16 Å². The zero-order chi connectivity index (χ0) is 13.1. The van der Waals surface area contributed by atoms with Crippen molar-refractivity contribution in [3.63, 3.8) is 0 Å². The molecule has 0 spiro atoms.